The topological polar surface area (TPSA) is 35.5 Å². The second kappa shape index (κ2) is 5.10. The minimum atomic E-state index is -0.132. The van der Waals surface area contributed by atoms with Crippen molar-refractivity contribution in [2.24, 2.45) is 0 Å². The van der Waals surface area contributed by atoms with Crippen LogP contribution in [0.3, 0.4) is 0 Å². The van der Waals surface area contributed by atoms with Crippen LogP contribution in [0.5, 0.6) is 0 Å². The van der Waals surface area contributed by atoms with Crippen LogP contribution in [-0.4, -0.2) is 48.3 Å². The van der Waals surface area contributed by atoms with Crippen molar-refractivity contribution < 1.29 is 5.11 Å². The van der Waals surface area contributed by atoms with E-state index in [0.29, 0.717) is 0 Å². The van der Waals surface area contributed by atoms with Crippen molar-refractivity contribution in [1.82, 2.24) is 10.2 Å². The molecule has 1 atom stereocenters. The average Bonchev–Trinajstić information content (AvgIpc) is 2.98. The van der Waals surface area contributed by atoms with Gasteiger partial charge in [0, 0.05) is 12.6 Å². The van der Waals surface area contributed by atoms with E-state index < -0.39 is 0 Å². The van der Waals surface area contributed by atoms with E-state index in [0.717, 1.165) is 25.6 Å². The van der Waals surface area contributed by atoms with Crippen LogP contribution < -0.4 is 5.32 Å². The number of likely N-dealkylation sites (N-methyl/N-ethyl adjacent to an activating group) is 1. The summed E-state index contributed by atoms with van der Waals surface area (Å²) in [6.45, 7) is 6.38. The van der Waals surface area contributed by atoms with Gasteiger partial charge in [0.15, 0.2) is 0 Å². The number of aliphatic hydroxyl groups excluding tert-OH is 1. The van der Waals surface area contributed by atoms with Gasteiger partial charge in [0.2, 0.25) is 0 Å². The lowest BCUT2D eigenvalue weighted by Crippen LogP contribution is -2.53. The largest absolute Gasteiger partial charge is 0.394 e. The van der Waals surface area contributed by atoms with E-state index >= 15 is 0 Å². The molecule has 0 aromatic rings. The van der Waals surface area contributed by atoms with E-state index in [1.807, 2.05) is 0 Å². The Hall–Kier alpha value is -0.120. The Morgan fingerprint density at radius 2 is 2.14 bits per heavy atom. The Morgan fingerprint density at radius 1 is 1.50 bits per heavy atom. The van der Waals surface area contributed by atoms with Gasteiger partial charge < -0.3 is 15.3 Å². The van der Waals surface area contributed by atoms with Gasteiger partial charge in [-0.3, -0.25) is 0 Å². The first kappa shape index (κ1) is 12.0. The predicted octanol–water partition coefficient (Wildman–Crippen LogP) is 0.831. The van der Waals surface area contributed by atoms with E-state index in [1.165, 1.54) is 12.8 Å². The van der Waals surface area contributed by atoms with Gasteiger partial charge in [-0.15, -0.1) is 0 Å². The number of hydrogen-bond donors (Lipinski definition) is 2. The zero-order chi connectivity index (χ0) is 10.6. The van der Waals surface area contributed by atoms with Crippen molar-refractivity contribution in [2.75, 3.05) is 26.7 Å². The third-order valence-electron chi connectivity index (χ3n) is 2.92. The van der Waals surface area contributed by atoms with Crippen molar-refractivity contribution in [3.8, 4) is 0 Å². The molecular formula is C11H24N2O. The zero-order valence-electron chi connectivity index (χ0n) is 9.71. The van der Waals surface area contributed by atoms with Crippen LogP contribution in [0, 0.1) is 0 Å². The van der Waals surface area contributed by atoms with Crippen LogP contribution in [0.2, 0.25) is 0 Å². The molecule has 3 nitrogen and oxygen atoms in total. The van der Waals surface area contributed by atoms with E-state index in [2.05, 4.69) is 31.1 Å². The highest BCUT2D eigenvalue weighted by molar-refractivity contribution is 4.91. The lowest BCUT2D eigenvalue weighted by molar-refractivity contribution is 0.129. The van der Waals surface area contributed by atoms with Crippen LogP contribution in [-0.2, 0) is 0 Å². The van der Waals surface area contributed by atoms with Gasteiger partial charge in [-0.2, -0.15) is 0 Å². The summed E-state index contributed by atoms with van der Waals surface area (Å²) in [5, 5.41) is 12.8. The molecule has 2 N–H and O–H groups in total. The Bertz CT molecular complexity index is 171. The fourth-order valence-corrected chi connectivity index (χ4v) is 1.78. The number of aliphatic hydroxyl groups is 1. The molecule has 1 unspecified atom stereocenters. The Kier molecular flexibility index (Phi) is 4.35. The van der Waals surface area contributed by atoms with Crippen molar-refractivity contribution in [3.63, 3.8) is 0 Å². The van der Waals surface area contributed by atoms with Crippen LogP contribution in [0.1, 0.15) is 33.1 Å². The maximum Gasteiger partial charge on any atom is 0.0623 e. The van der Waals surface area contributed by atoms with E-state index in [1.54, 1.807) is 0 Å². The monoisotopic (exact) mass is 200 g/mol. The Balaban J connectivity index is 2.33. The van der Waals surface area contributed by atoms with E-state index in [4.69, 9.17) is 0 Å². The highest BCUT2D eigenvalue weighted by Gasteiger charge is 2.32. The average molecular weight is 200 g/mol. The molecule has 14 heavy (non-hydrogen) atoms. The standard InChI is InChI=1S/C11H24N2O/c1-4-7-12-11(2,9-14)8-13(3)10-5-6-10/h10,12,14H,4-9H2,1-3H3. The molecule has 0 spiro atoms. The first-order valence-electron chi connectivity index (χ1n) is 5.67. The molecule has 1 aliphatic rings. The molecule has 1 fully saturated rings. The maximum absolute atomic E-state index is 9.37. The fourth-order valence-electron chi connectivity index (χ4n) is 1.78. The molecule has 84 valence electrons. The normalized spacial score (nSPS) is 21.2. The zero-order valence-corrected chi connectivity index (χ0v) is 9.71. The minimum absolute atomic E-state index is 0.132. The van der Waals surface area contributed by atoms with Crippen molar-refractivity contribution in [3.05, 3.63) is 0 Å². The molecule has 3 heteroatoms. The SMILES string of the molecule is CCCNC(C)(CO)CN(C)C1CC1. The van der Waals surface area contributed by atoms with Gasteiger partial charge in [0.05, 0.1) is 12.1 Å². The minimum Gasteiger partial charge on any atom is -0.394 e. The van der Waals surface area contributed by atoms with Crippen molar-refractivity contribution >= 4 is 0 Å². The van der Waals surface area contributed by atoms with Gasteiger partial charge in [-0.1, -0.05) is 6.92 Å². The molecule has 1 saturated carbocycles. The molecule has 0 amide bonds. The van der Waals surface area contributed by atoms with Crippen LogP contribution in [0.15, 0.2) is 0 Å². The van der Waals surface area contributed by atoms with E-state index in [-0.39, 0.29) is 12.1 Å². The molecule has 0 bridgehead atoms. The molecular weight excluding hydrogens is 176 g/mol. The summed E-state index contributed by atoms with van der Waals surface area (Å²) in [5.74, 6) is 0. The number of nitrogens with one attached hydrogen (secondary N) is 1. The third-order valence-corrected chi connectivity index (χ3v) is 2.92. The summed E-state index contributed by atoms with van der Waals surface area (Å²) in [5.41, 5.74) is -0.132. The first-order chi connectivity index (χ1) is 6.61. The summed E-state index contributed by atoms with van der Waals surface area (Å²) < 4.78 is 0. The summed E-state index contributed by atoms with van der Waals surface area (Å²) in [7, 11) is 2.15. The summed E-state index contributed by atoms with van der Waals surface area (Å²) in [4.78, 5) is 2.36. The molecule has 0 aromatic heterocycles. The van der Waals surface area contributed by atoms with Gasteiger partial charge in [-0.05, 0) is 39.8 Å². The third kappa shape index (κ3) is 3.56. The molecule has 0 saturated heterocycles. The molecule has 1 rings (SSSR count). The Morgan fingerprint density at radius 3 is 2.57 bits per heavy atom. The maximum atomic E-state index is 9.37. The molecule has 0 aliphatic heterocycles. The van der Waals surface area contributed by atoms with Gasteiger partial charge >= 0.3 is 0 Å². The summed E-state index contributed by atoms with van der Waals surface area (Å²) >= 11 is 0. The van der Waals surface area contributed by atoms with Crippen molar-refractivity contribution in [1.29, 1.82) is 0 Å². The highest BCUT2D eigenvalue weighted by atomic mass is 16.3. The van der Waals surface area contributed by atoms with Crippen molar-refractivity contribution in [2.45, 2.75) is 44.7 Å². The summed E-state index contributed by atoms with van der Waals surface area (Å²) in [6, 6.07) is 0.768. The Labute approximate surface area is 87.5 Å². The second-order valence-electron chi connectivity index (χ2n) is 4.79. The van der Waals surface area contributed by atoms with Crippen LogP contribution in [0.4, 0.5) is 0 Å². The predicted molar refractivity (Wildman–Crippen MR) is 59.4 cm³/mol. The van der Waals surface area contributed by atoms with E-state index in [9.17, 15) is 5.11 Å². The smallest absolute Gasteiger partial charge is 0.0623 e. The molecule has 0 radical (unpaired) electrons. The van der Waals surface area contributed by atoms with Gasteiger partial charge in [0.25, 0.3) is 0 Å². The molecule has 1 aliphatic carbocycles. The lowest BCUT2D eigenvalue weighted by atomic mass is 10.0. The first-order valence-corrected chi connectivity index (χ1v) is 5.67. The quantitative estimate of drug-likeness (QED) is 0.639. The second-order valence-corrected chi connectivity index (χ2v) is 4.79. The van der Waals surface area contributed by atoms with Gasteiger partial charge in [-0.25, -0.2) is 0 Å². The van der Waals surface area contributed by atoms with Gasteiger partial charge in [0.1, 0.15) is 0 Å². The number of rotatable bonds is 7. The van der Waals surface area contributed by atoms with Crippen LogP contribution in [0.25, 0.3) is 0 Å². The summed E-state index contributed by atoms with van der Waals surface area (Å²) in [6.07, 6.45) is 3.76. The highest BCUT2D eigenvalue weighted by Crippen LogP contribution is 2.26. The number of nitrogens with zero attached hydrogens (tertiary/aromatic N) is 1. The number of hydrogen-bond acceptors (Lipinski definition) is 3. The lowest BCUT2D eigenvalue weighted by Gasteiger charge is -2.33. The molecule has 0 heterocycles. The molecule has 0 aromatic carbocycles. The van der Waals surface area contributed by atoms with Crippen LogP contribution >= 0.6 is 0 Å². The fraction of sp³-hybridized carbons (Fsp3) is 1.00.